The molecule has 33 heavy (non-hydrogen) atoms. The number of amides is 1. The molecule has 0 fully saturated rings. The molecule has 2 aromatic carbocycles. The predicted molar refractivity (Wildman–Crippen MR) is 130 cm³/mol. The van der Waals surface area contributed by atoms with Gasteiger partial charge in [0.2, 0.25) is 10.0 Å². The van der Waals surface area contributed by atoms with E-state index in [9.17, 15) is 13.2 Å². The first kappa shape index (κ1) is 22.9. The first-order chi connectivity index (χ1) is 15.9. The number of sulfonamides is 1. The van der Waals surface area contributed by atoms with Gasteiger partial charge in [-0.15, -0.1) is 11.3 Å². The van der Waals surface area contributed by atoms with Crippen molar-refractivity contribution in [1.82, 2.24) is 19.4 Å². The van der Waals surface area contributed by atoms with Gasteiger partial charge in [0.1, 0.15) is 5.69 Å². The Morgan fingerprint density at radius 1 is 1.09 bits per heavy atom. The van der Waals surface area contributed by atoms with E-state index in [-0.39, 0.29) is 17.3 Å². The molecule has 4 aromatic rings. The van der Waals surface area contributed by atoms with Gasteiger partial charge in [-0.2, -0.15) is 5.10 Å². The molecular weight excluding hydrogens is 456 g/mol. The van der Waals surface area contributed by atoms with Crippen LogP contribution in [0.2, 0.25) is 0 Å². The maximum atomic E-state index is 13.1. The molecule has 1 amide bonds. The lowest BCUT2D eigenvalue weighted by molar-refractivity contribution is 0.0785. The van der Waals surface area contributed by atoms with Gasteiger partial charge in [0, 0.05) is 37.5 Å². The zero-order valence-corrected chi connectivity index (χ0v) is 19.9. The Morgan fingerprint density at radius 2 is 1.88 bits per heavy atom. The van der Waals surface area contributed by atoms with Crippen LogP contribution in [0.15, 0.2) is 83.2 Å². The maximum absolute atomic E-state index is 13.1. The van der Waals surface area contributed by atoms with Gasteiger partial charge in [0.05, 0.1) is 15.5 Å². The summed E-state index contributed by atoms with van der Waals surface area (Å²) in [6.45, 7) is 2.31. The SMILES string of the molecule is CCNS(=O)(=O)c1cccc(C(=O)N(C)Cc2cn(-c3ccccc3)nc2-c2cccs2)c1. The van der Waals surface area contributed by atoms with Crippen LogP contribution in [0.3, 0.4) is 0 Å². The van der Waals surface area contributed by atoms with Gasteiger partial charge in [-0.3, -0.25) is 4.79 Å². The minimum atomic E-state index is -3.65. The van der Waals surface area contributed by atoms with Crippen LogP contribution in [0.1, 0.15) is 22.8 Å². The topological polar surface area (TPSA) is 84.3 Å². The summed E-state index contributed by atoms with van der Waals surface area (Å²) in [7, 11) is -1.95. The molecule has 0 bridgehead atoms. The van der Waals surface area contributed by atoms with E-state index in [1.165, 1.54) is 12.1 Å². The largest absolute Gasteiger partial charge is 0.337 e. The monoisotopic (exact) mass is 480 g/mol. The number of hydrogen-bond acceptors (Lipinski definition) is 5. The molecule has 1 N–H and O–H groups in total. The maximum Gasteiger partial charge on any atom is 0.253 e. The smallest absolute Gasteiger partial charge is 0.253 e. The number of rotatable bonds is 8. The van der Waals surface area contributed by atoms with Gasteiger partial charge in [-0.05, 0) is 41.8 Å². The molecule has 0 atom stereocenters. The molecule has 0 saturated carbocycles. The molecule has 9 heteroatoms. The fourth-order valence-electron chi connectivity index (χ4n) is 3.48. The molecule has 4 rings (SSSR count). The third-order valence-electron chi connectivity index (χ3n) is 5.05. The lowest BCUT2D eigenvalue weighted by atomic mass is 10.1. The average molecular weight is 481 g/mol. The predicted octanol–water partition coefficient (Wildman–Crippen LogP) is 4.17. The number of aromatic nitrogens is 2. The van der Waals surface area contributed by atoms with Gasteiger partial charge < -0.3 is 4.90 Å². The van der Waals surface area contributed by atoms with Crippen molar-refractivity contribution in [2.45, 2.75) is 18.4 Å². The summed E-state index contributed by atoms with van der Waals surface area (Å²) >= 11 is 1.59. The number of nitrogens with one attached hydrogen (secondary N) is 1. The Bertz CT molecular complexity index is 1350. The molecule has 0 saturated heterocycles. The lowest BCUT2D eigenvalue weighted by Crippen LogP contribution is -2.27. The fraction of sp³-hybridized carbons (Fsp3) is 0.167. The minimum absolute atomic E-state index is 0.0692. The molecule has 0 spiro atoms. The van der Waals surface area contributed by atoms with Gasteiger partial charge in [0.25, 0.3) is 5.91 Å². The molecule has 0 aliphatic carbocycles. The van der Waals surface area contributed by atoms with E-state index >= 15 is 0 Å². The lowest BCUT2D eigenvalue weighted by Gasteiger charge is -2.17. The number of benzene rings is 2. The Balaban J connectivity index is 1.63. The summed E-state index contributed by atoms with van der Waals surface area (Å²) in [6.07, 6.45) is 1.93. The molecule has 0 unspecified atom stereocenters. The van der Waals surface area contributed by atoms with E-state index in [0.717, 1.165) is 21.8 Å². The Kier molecular flexibility index (Phi) is 6.73. The number of carbonyl (C=O) groups excluding carboxylic acids is 1. The average Bonchev–Trinajstić information content (AvgIpc) is 3.49. The molecule has 2 aromatic heterocycles. The van der Waals surface area contributed by atoms with Crippen LogP contribution in [0.4, 0.5) is 0 Å². The van der Waals surface area contributed by atoms with Crippen molar-refractivity contribution in [3.63, 3.8) is 0 Å². The quantitative estimate of drug-likeness (QED) is 0.410. The number of hydrogen-bond donors (Lipinski definition) is 1. The van der Waals surface area contributed by atoms with Crippen LogP contribution in [0, 0.1) is 0 Å². The second-order valence-electron chi connectivity index (χ2n) is 7.45. The van der Waals surface area contributed by atoms with E-state index in [0.29, 0.717) is 12.1 Å². The highest BCUT2D eigenvalue weighted by atomic mass is 32.2. The Hall–Kier alpha value is -3.27. The van der Waals surface area contributed by atoms with Crippen molar-refractivity contribution in [2.75, 3.05) is 13.6 Å². The van der Waals surface area contributed by atoms with Crippen molar-refractivity contribution in [1.29, 1.82) is 0 Å². The van der Waals surface area contributed by atoms with Gasteiger partial charge in [-0.25, -0.2) is 17.8 Å². The van der Waals surface area contributed by atoms with Crippen LogP contribution >= 0.6 is 11.3 Å². The third kappa shape index (κ3) is 5.05. The molecule has 0 aliphatic heterocycles. The molecule has 0 radical (unpaired) electrons. The standard InChI is InChI=1S/C24H24N4O3S2/c1-3-25-33(30,31)21-12-7-9-18(15-21)24(29)27(2)16-19-17-28(20-10-5-4-6-11-20)26-23(19)22-13-8-14-32-22/h4-15,17,25H,3,16H2,1-2H3. The van der Waals surface area contributed by atoms with Gasteiger partial charge >= 0.3 is 0 Å². The van der Waals surface area contributed by atoms with Crippen molar-refractivity contribution in [3.8, 4) is 16.3 Å². The summed E-state index contributed by atoms with van der Waals surface area (Å²) in [4.78, 5) is 15.8. The second-order valence-corrected chi connectivity index (χ2v) is 10.2. The summed E-state index contributed by atoms with van der Waals surface area (Å²) in [5.41, 5.74) is 2.95. The van der Waals surface area contributed by atoms with E-state index < -0.39 is 10.0 Å². The third-order valence-corrected chi connectivity index (χ3v) is 7.47. The van der Waals surface area contributed by atoms with E-state index in [2.05, 4.69) is 4.72 Å². The number of para-hydroxylation sites is 1. The van der Waals surface area contributed by atoms with Crippen LogP contribution in [0.5, 0.6) is 0 Å². The summed E-state index contributed by atoms with van der Waals surface area (Å²) < 4.78 is 28.9. The molecular formula is C24H24N4O3S2. The van der Waals surface area contributed by atoms with Gasteiger partial charge in [0.15, 0.2) is 0 Å². The van der Waals surface area contributed by atoms with Crippen LogP contribution in [-0.2, 0) is 16.6 Å². The van der Waals surface area contributed by atoms with Crippen molar-refractivity contribution in [2.24, 2.45) is 0 Å². The zero-order chi connectivity index (χ0) is 23.4. The van der Waals surface area contributed by atoms with Crippen molar-refractivity contribution < 1.29 is 13.2 Å². The first-order valence-electron chi connectivity index (χ1n) is 10.4. The molecule has 170 valence electrons. The zero-order valence-electron chi connectivity index (χ0n) is 18.3. The summed E-state index contributed by atoms with van der Waals surface area (Å²) in [6, 6.07) is 19.9. The second kappa shape index (κ2) is 9.70. The normalized spacial score (nSPS) is 11.5. The molecule has 0 aliphatic rings. The number of nitrogens with zero attached hydrogens (tertiary/aromatic N) is 3. The minimum Gasteiger partial charge on any atom is -0.337 e. The van der Waals surface area contributed by atoms with E-state index in [1.54, 1.807) is 42.3 Å². The first-order valence-corrected chi connectivity index (χ1v) is 12.8. The summed E-state index contributed by atoms with van der Waals surface area (Å²) in [5.74, 6) is -0.270. The van der Waals surface area contributed by atoms with Gasteiger partial charge in [-0.1, -0.05) is 37.3 Å². The van der Waals surface area contributed by atoms with Crippen LogP contribution in [-0.4, -0.2) is 42.6 Å². The highest BCUT2D eigenvalue weighted by Gasteiger charge is 2.20. The number of thiophene rings is 1. The van der Waals surface area contributed by atoms with Crippen molar-refractivity contribution >= 4 is 27.3 Å². The fourth-order valence-corrected chi connectivity index (χ4v) is 5.31. The van der Waals surface area contributed by atoms with Crippen LogP contribution in [0.25, 0.3) is 16.3 Å². The van der Waals surface area contributed by atoms with Crippen LogP contribution < -0.4 is 4.72 Å². The molecule has 7 nitrogen and oxygen atoms in total. The highest BCUT2D eigenvalue weighted by molar-refractivity contribution is 7.89. The van der Waals surface area contributed by atoms with E-state index in [4.69, 9.17) is 5.10 Å². The Labute approximate surface area is 197 Å². The summed E-state index contributed by atoms with van der Waals surface area (Å²) in [5, 5.41) is 6.77. The van der Waals surface area contributed by atoms with Crippen molar-refractivity contribution in [3.05, 3.63) is 89.4 Å². The highest BCUT2D eigenvalue weighted by Crippen LogP contribution is 2.29. The Morgan fingerprint density at radius 3 is 2.58 bits per heavy atom. The molecule has 2 heterocycles. The van der Waals surface area contributed by atoms with E-state index in [1.807, 2.05) is 58.7 Å². The number of carbonyl (C=O) groups is 1.